The molecule has 1 aliphatic rings. The van der Waals surface area contributed by atoms with Crippen molar-refractivity contribution in [3.63, 3.8) is 0 Å². The number of aromatic nitrogens is 2. The lowest BCUT2D eigenvalue weighted by molar-refractivity contribution is -0.139. The van der Waals surface area contributed by atoms with E-state index in [1.165, 1.54) is 23.1 Å². The summed E-state index contributed by atoms with van der Waals surface area (Å²) < 4.78 is 35.4. The van der Waals surface area contributed by atoms with E-state index in [0.717, 1.165) is 0 Å². The Bertz CT molecular complexity index is 1610. The maximum absolute atomic E-state index is 14.4. The van der Waals surface area contributed by atoms with E-state index in [4.69, 9.17) is 16.1 Å². The first-order chi connectivity index (χ1) is 18.6. The number of fused-ring (bicyclic) bond motifs is 1. The maximum atomic E-state index is 14.4. The predicted octanol–water partition coefficient (Wildman–Crippen LogP) is 3.69. The second kappa shape index (κ2) is 10.7. The van der Waals surface area contributed by atoms with E-state index in [-0.39, 0.29) is 36.6 Å². The number of nitrogens with one attached hydrogen (secondary N) is 2. The van der Waals surface area contributed by atoms with Crippen molar-refractivity contribution in [1.82, 2.24) is 19.9 Å². The molecule has 2 aromatic heterocycles. The molecule has 0 saturated carbocycles. The van der Waals surface area contributed by atoms with Crippen molar-refractivity contribution in [3.05, 3.63) is 81.0 Å². The molecule has 2 aromatic carbocycles. The minimum absolute atomic E-state index is 0.0828. The molecule has 2 amide bonds. The van der Waals surface area contributed by atoms with E-state index in [2.05, 4.69) is 10.5 Å². The number of halogens is 3. The number of nitrogens with zero attached hydrogens (tertiary/aromatic N) is 2. The normalized spacial score (nSPS) is 18.0. The highest BCUT2D eigenvalue weighted by atomic mass is 35.5. The molecule has 0 spiro atoms. The summed E-state index contributed by atoms with van der Waals surface area (Å²) in [6.45, 7) is 0.934. The summed E-state index contributed by atoms with van der Waals surface area (Å²) in [7, 11) is 0. The Balaban J connectivity index is 1.38. The Morgan fingerprint density at radius 2 is 2.08 bits per heavy atom. The largest absolute Gasteiger partial charge is 0.389 e. The van der Waals surface area contributed by atoms with Crippen molar-refractivity contribution >= 4 is 34.3 Å². The molecule has 1 unspecified atom stereocenters. The van der Waals surface area contributed by atoms with Gasteiger partial charge in [-0.25, -0.2) is 8.78 Å². The highest BCUT2D eigenvalue weighted by Gasteiger charge is 2.39. The lowest BCUT2D eigenvalue weighted by Gasteiger charge is -2.24. The molecule has 3 heterocycles. The number of carbonyl (C=O) groups is 2. The zero-order chi connectivity index (χ0) is 27.8. The number of amides is 2. The van der Waals surface area contributed by atoms with E-state index in [1.807, 2.05) is 0 Å². The van der Waals surface area contributed by atoms with E-state index < -0.39 is 41.5 Å². The molecular formula is C27H25ClF2N4O5. The number of hydrogen-bond acceptors (Lipinski definition) is 5. The fourth-order valence-corrected chi connectivity index (χ4v) is 5.09. The van der Waals surface area contributed by atoms with E-state index in [1.54, 1.807) is 42.0 Å². The minimum atomic E-state index is -1.40. The average Bonchev–Trinajstić information content (AvgIpc) is 3.61. The van der Waals surface area contributed by atoms with Crippen LogP contribution in [0.3, 0.4) is 0 Å². The first-order valence-corrected chi connectivity index (χ1v) is 12.6. The number of hydrogen-bond donors (Lipinski definition) is 3. The van der Waals surface area contributed by atoms with Crippen LogP contribution in [0.5, 0.6) is 0 Å². The molecule has 0 radical (unpaired) electrons. The van der Waals surface area contributed by atoms with Crippen LogP contribution in [0.2, 0.25) is 5.02 Å². The SMILES string of the molecule is CC(O)c1cn(CC(=O)N2C[C@H](F)C[C@H]2C(=O)NCc2cccc(Cl)c2F)c2cc(-c3cc(=O)[nH]o3)ccc12. The Morgan fingerprint density at radius 1 is 1.28 bits per heavy atom. The van der Waals surface area contributed by atoms with Crippen LogP contribution >= 0.6 is 11.6 Å². The molecule has 1 aliphatic heterocycles. The van der Waals surface area contributed by atoms with Gasteiger partial charge >= 0.3 is 0 Å². The summed E-state index contributed by atoms with van der Waals surface area (Å²) >= 11 is 5.80. The van der Waals surface area contributed by atoms with Crippen molar-refractivity contribution in [2.45, 2.75) is 44.8 Å². The smallest absolute Gasteiger partial charge is 0.280 e. The molecule has 3 atom stereocenters. The lowest BCUT2D eigenvalue weighted by atomic mass is 10.1. The van der Waals surface area contributed by atoms with Crippen LogP contribution in [-0.2, 0) is 22.7 Å². The fraction of sp³-hybridized carbons (Fsp3) is 0.296. The molecule has 0 aliphatic carbocycles. The molecule has 5 rings (SSSR count). The third-order valence-electron chi connectivity index (χ3n) is 6.83. The van der Waals surface area contributed by atoms with Crippen LogP contribution < -0.4 is 10.9 Å². The van der Waals surface area contributed by atoms with Crippen LogP contribution in [0.25, 0.3) is 22.2 Å². The van der Waals surface area contributed by atoms with Gasteiger partial charge in [-0.15, -0.1) is 0 Å². The van der Waals surface area contributed by atoms with Crippen LogP contribution in [0, 0.1) is 5.82 Å². The number of likely N-dealkylation sites (tertiary alicyclic amines) is 1. The summed E-state index contributed by atoms with van der Waals surface area (Å²) in [5, 5.41) is 15.7. The van der Waals surface area contributed by atoms with Crippen LogP contribution in [-0.4, -0.2) is 50.3 Å². The minimum Gasteiger partial charge on any atom is -0.389 e. The Kier molecular flexibility index (Phi) is 7.28. The average molecular weight is 559 g/mol. The van der Waals surface area contributed by atoms with Gasteiger partial charge in [0.25, 0.3) is 5.56 Å². The summed E-state index contributed by atoms with van der Waals surface area (Å²) in [6.07, 6.45) is -0.792. The van der Waals surface area contributed by atoms with Crippen LogP contribution in [0.4, 0.5) is 8.78 Å². The number of aliphatic hydroxyl groups excluding tert-OH is 1. The topological polar surface area (TPSA) is 121 Å². The predicted molar refractivity (Wildman–Crippen MR) is 139 cm³/mol. The van der Waals surface area contributed by atoms with Gasteiger partial charge in [0.05, 0.1) is 23.7 Å². The number of rotatable bonds is 7. The lowest BCUT2D eigenvalue weighted by Crippen LogP contribution is -2.46. The maximum Gasteiger partial charge on any atom is 0.280 e. The summed E-state index contributed by atoms with van der Waals surface area (Å²) in [5.74, 6) is -1.47. The third kappa shape index (κ3) is 5.32. The number of carbonyl (C=O) groups excluding carboxylic acids is 2. The Morgan fingerprint density at radius 3 is 2.79 bits per heavy atom. The Labute approximate surface area is 225 Å². The van der Waals surface area contributed by atoms with Gasteiger partial charge < -0.3 is 24.4 Å². The van der Waals surface area contributed by atoms with Crippen molar-refractivity contribution in [3.8, 4) is 11.3 Å². The highest BCUT2D eigenvalue weighted by molar-refractivity contribution is 6.30. The number of aliphatic hydroxyl groups is 1. The second-order valence-corrected chi connectivity index (χ2v) is 9.93. The van der Waals surface area contributed by atoms with Crippen molar-refractivity contribution in [2.75, 3.05) is 6.54 Å². The summed E-state index contributed by atoms with van der Waals surface area (Å²) in [4.78, 5) is 39.0. The fourth-order valence-electron chi connectivity index (χ4n) is 4.89. The van der Waals surface area contributed by atoms with Gasteiger partial charge in [0.2, 0.25) is 11.8 Å². The zero-order valence-corrected chi connectivity index (χ0v) is 21.5. The molecule has 9 nitrogen and oxygen atoms in total. The standard InChI is InChI=1S/C27H25ClF2N4O5/c1-14(35)19-12-33(21-7-15(5-6-18(19)21)23-9-24(36)32-39-23)13-25(37)34-11-17(29)8-22(34)27(38)31-10-16-3-2-4-20(28)26(16)30/h2-7,9,12,14,17,22,35H,8,10-11,13H2,1H3,(H,31,38)(H,32,36)/t14?,17-,22+/m1/s1. The molecule has 0 bridgehead atoms. The van der Waals surface area contributed by atoms with Gasteiger partial charge in [0, 0.05) is 46.8 Å². The molecular weight excluding hydrogens is 534 g/mol. The monoisotopic (exact) mass is 558 g/mol. The molecule has 12 heteroatoms. The van der Waals surface area contributed by atoms with Crippen LogP contribution in [0.15, 0.2) is 58.0 Å². The van der Waals surface area contributed by atoms with Gasteiger partial charge in [-0.3, -0.25) is 14.4 Å². The third-order valence-corrected chi connectivity index (χ3v) is 7.13. The quantitative estimate of drug-likeness (QED) is 0.319. The van der Waals surface area contributed by atoms with Gasteiger partial charge in [0.15, 0.2) is 5.76 Å². The Hall–Kier alpha value is -3.96. The molecule has 3 N–H and O–H groups in total. The van der Waals surface area contributed by atoms with E-state index >= 15 is 0 Å². The molecule has 1 fully saturated rings. The van der Waals surface area contributed by atoms with Crippen molar-refractivity contribution < 1.29 is 28.0 Å². The van der Waals surface area contributed by atoms with Crippen LogP contribution in [0.1, 0.15) is 30.6 Å². The molecule has 4 aromatic rings. The first-order valence-electron chi connectivity index (χ1n) is 12.3. The van der Waals surface area contributed by atoms with Gasteiger partial charge in [-0.1, -0.05) is 35.9 Å². The van der Waals surface area contributed by atoms with Crippen molar-refractivity contribution in [1.29, 1.82) is 0 Å². The first kappa shape index (κ1) is 26.6. The molecule has 39 heavy (non-hydrogen) atoms. The summed E-state index contributed by atoms with van der Waals surface area (Å²) in [6, 6.07) is 9.82. The highest BCUT2D eigenvalue weighted by Crippen LogP contribution is 2.31. The van der Waals surface area contributed by atoms with E-state index in [9.17, 15) is 28.3 Å². The number of H-pyrrole nitrogens is 1. The molecule has 1 saturated heterocycles. The van der Waals surface area contributed by atoms with Gasteiger partial charge in [-0.2, -0.15) is 5.16 Å². The number of benzene rings is 2. The number of aromatic amines is 1. The summed E-state index contributed by atoms with van der Waals surface area (Å²) in [5.41, 5.74) is 1.48. The van der Waals surface area contributed by atoms with Gasteiger partial charge in [-0.05, 0) is 19.1 Å². The number of alkyl halides is 1. The molecule has 204 valence electrons. The second-order valence-electron chi connectivity index (χ2n) is 9.52. The van der Waals surface area contributed by atoms with Gasteiger partial charge in [0.1, 0.15) is 24.6 Å². The van der Waals surface area contributed by atoms with E-state index in [0.29, 0.717) is 27.8 Å². The zero-order valence-electron chi connectivity index (χ0n) is 20.8. The van der Waals surface area contributed by atoms with Crippen molar-refractivity contribution in [2.24, 2.45) is 0 Å².